The minimum Gasteiger partial charge on any atom is -0.486 e. The summed E-state index contributed by atoms with van der Waals surface area (Å²) in [7, 11) is 1.55. The molecule has 0 aliphatic heterocycles. The van der Waals surface area contributed by atoms with Gasteiger partial charge in [-0.3, -0.25) is 4.79 Å². The van der Waals surface area contributed by atoms with Crippen LogP contribution >= 0.6 is 0 Å². The quantitative estimate of drug-likeness (QED) is 0.759. The number of aromatic nitrogens is 1. The molecule has 1 saturated carbocycles. The molecule has 1 aliphatic carbocycles. The fourth-order valence-corrected chi connectivity index (χ4v) is 1.22. The molecule has 0 aromatic carbocycles. The molecule has 3 N–H and O–H groups in total. The van der Waals surface area contributed by atoms with Crippen molar-refractivity contribution in [2.45, 2.75) is 18.9 Å². The van der Waals surface area contributed by atoms with Gasteiger partial charge in [-0.25, -0.2) is 4.98 Å². The van der Waals surface area contributed by atoms with Crippen molar-refractivity contribution in [3.05, 3.63) is 18.0 Å². The molecule has 1 heterocycles. The molecule has 2 rings (SSSR count). The molecular weight excluding hydrogens is 194 g/mol. The minimum atomic E-state index is -0.280. The Morgan fingerprint density at radius 2 is 2.40 bits per heavy atom. The number of hydrogen-bond donors (Lipinski definition) is 2. The van der Waals surface area contributed by atoms with Crippen molar-refractivity contribution in [3.63, 3.8) is 0 Å². The molecule has 0 bridgehead atoms. The maximum absolute atomic E-state index is 11.5. The number of nitrogen functional groups attached to an aromatic ring is 1. The molecule has 1 aromatic rings. The first-order valence-electron chi connectivity index (χ1n) is 4.85. The summed E-state index contributed by atoms with van der Waals surface area (Å²) in [6.07, 6.45) is 3.72. The second-order valence-corrected chi connectivity index (χ2v) is 3.47. The second-order valence-electron chi connectivity index (χ2n) is 3.47. The van der Waals surface area contributed by atoms with Gasteiger partial charge >= 0.3 is 0 Å². The highest BCUT2D eigenvalue weighted by Crippen LogP contribution is 2.32. The van der Waals surface area contributed by atoms with E-state index in [-0.39, 0.29) is 17.7 Å². The maximum atomic E-state index is 11.5. The fraction of sp³-hybridized carbons (Fsp3) is 0.400. The first-order chi connectivity index (χ1) is 7.22. The number of nitrogens with two attached hydrogens (primary N) is 1. The summed E-state index contributed by atoms with van der Waals surface area (Å²) in [6, 6.07) is 1.63. The van der Waals surface area contributed by atoms with Crippen molar-refractivity contribution in [2.24, 2.45) is 0 Å². The van der Waals surface area contributed by atoms with Crippen LogP contribution in [0, 0.1) is 0 Å². The van der Waals surface area contributed by atoms with E-state index in [4.69, 9.17) is 10.5 Å². The zero-order chi connectivity index (χ0) is 10.8. The van der Waals surface area contributed by atoms with Crippen molar-refractivity contribution in [2.75, 3.05) is 12.8 Å². The summed E-state index contributed by atoms with van der Waals surface area (Å²) in [6.45, 7) is 0. The van der Waals surface area contributed by atoms with E-state index in [2.05, 4.69) is 10.3 Å². The van der Waals surface area contributed by atoms with Crippen molar-refractivity contribution >= 4 is 11.6 Å². The Morgan fingerprint density at radius 1 is 1.67 bits per heavy atom. The molecule has 0 radical (unpaired) electrons. The molecule has 0 atom stereocenters. The van der Waals surface area contributed by atoms with E-state index in [1.165, 1.54) is 6.20 Å². The normalized spacial score (nSPS) is 14.7. The summed E-state index contributed by atoms with van der Waals surface area (Å²) in [4.78, 5) is 15.5. The number of hydrogen-bond acceptors (Lipinski definition) is 4. The molecule has 80 valence electrons. The molecule has 1 fully saturated rings. The van der Waals surface area contributed by atoms with Crippen LogP contribution in [-0.4, -0.2) is 24.0 Å². The summed E-state index contributed by atoms with van der Waals surface area (Å²) in [5.74, 6) is 0.123. The van der Waals surface area contributed by atoms with E-state index in [9.17, 15) is 4.79 Å². The predicted octanol–water partition coefficient (Wildman–Crippen LogP) is 0.565. The number of ether oxygens (including phenoxy) is 1. The molecule has 0 unspecified atom stereocenters. The lowest BCUT2D eigenvalue weighted by Gasteiger charge is -2.10. The van der Waals surface area contributed by atoms with Crippen LogP contribution in [0.3, 0.4) is 0 Å². The van der Waals surface area contributed by atoms with Crippen LogP contribution in [0.15, 0.2) is 12.3 Å². The van der Waals surface area contributed by atoms with Crippen LogP contribution in [0.5, 0.6) is 5.75 Å². The van der Waals surface area contributed by atoms with Crippen molar-refractivity contribution < 1.29 is 9.53 Å². The first kappa shape index (κ1) is 9.76. The molecule has 1 amide bonds. The van der Waals surface area contributed by atoms with Gasteiger partial charge in [0.25, 0.3) is 5.91 Å². The second kappa shape index (κ2) is 3.76. The van der Waals surface area contributed by atoms with Crippen LogP contribution in [-0.2, 0) is 0 Å². The topological polar surface area (TPSA) is 77.2 Å². The summed E-state index contributed by atoms with van der Waals surface area (Å²) in [5, 5.41) is 2.51. The Kier molecular flexibility index (Phi) is 2.45. The van der Waals surface area contributed by atoms with E-state index >= 15 is 0 Å². The smallest absolute Gasteiger partial charge is 0.273 e. The van der Waals surface area contributed by atoms with Gasteiger partial charge in [0.2, 0.25) is 0 Å². The lowest BCUT2D eigenvalue weighted by molar-refractivity contribution is 0.0953. The molecule has 5 nitrogen and oxygen atoms in total. The SMILES string of the molecule is CNC(=O)c1nccc(N)c1OC1CC1. The average molecular weight is 207 g/mol. The molecular formula is C10H13N3O2. The number of nitrogens with zero attached hydrogens (tertiary/aromatic N) is 1. The predicted molar refractivity (Wildman–Crippen MR) is 55.7 cm³/mol. The van der Waals surface area contributed by atoms with Gasteiger partial charge in [-0.15, -0.1) is 0 Å². The van der Waals surface area contributed by atoms with Crippen LogP contribution < -0.4 is 15.8 Å². The van der Waals surface area contributed by atoms with Gasteiger partial charge in [0.05, 0.1) is 11.8 Å². The Labute approximate surface area is 87.6 Å². The van der Waals surface area contributed by atoms with Crippen LogP contribution in [0.2, 0.25) is 0 Å². The van der Waals surface area contributed by atoms with Gasteiger partial charge in [0.1, 0.15) is 0 Å². The summed E-state index contributed by atoms with van der Waals surface area (Å²) < 4.78 is 5.56. The molecule has 5 heteroatoms. The van der Waals surface area contributed by atoms with Gasteiger partial charge < -0.3 is 15.8 Å². The molecule has 1 aromatic heterocycles. The number of anilines is 1. The molecule has 15 heavy (non-hydrogen) atoms. The zero-order valence-electron chi connectivity index (χ0n) is 8.49. The van der Waals surface area contributed by atoms with Gasteiger partial charge in [-0.2, -0.15) is 0 Å². The van der Waals surface area contributed by atoms with Crippen molar-refractivity contribution in [1.82, 2.24) is 10.3 Å². The average Bonchev–Trinajstić information content (AvgIpc) is 3.04. The Balaban J connectivity index is 2.33. The maximum Gasteiger partial charge on any atom is 0.273 e. The number of rotatable bonds is 3. The number of pyridine rings is 1. The molecule has 0 spiro atoms. The van der Waals surface area contributed by atoms with E-state index in [1.807, 2.05) is 0 Å². The lowest BCUT2D eigenvalue weighted by atomic mass is 10.2. The van der Waals surface area contributed by atoms with E-state index in [0.717, 1.165) is 12.8 Å². The van der Waals surface area contributed by atoms with Crippen LogP contribution in [0.1, 0.15) is 23.3 Å². The zero-order valence-corrected chi connectivity index (χ0v) is 8.49. The third kappa shape index (κ3) is 2.01. The highest BCUT2D eigenvalue weighted by atomic mass is 16.5. The van der Waals surface area contributed by atoms with Gasteiger partial charge in [-0.05, 0) is 18.9 Å². The van der Waals surface area contributed by atoms with Crippen LogP contribution in [0.4, 0.5) is 5.69 Å². The van der Waals surface area contributed by atoms with Gasteiger partial charge in [-0.1, -0.05) is 0 Å². The highest BCUT2D eigenvalue weighted by molar-refractivity contribution is 5.96. The minimum absolute atomic E-state index is 0.194. The third-order valence-corrected chi connectivity index (χ3v) is 2.19. The van der Waals surface area contributed by atoms with Gasteiger partial charge in [0, 0.05) is 13.2 Å². The number of carbonyl (C=O) groups excluding carboxylic acids is 1. The standard InChI is InChI=1S/C10H13N3O2/c1-12-10(14)8-9(15-6-2-3-6)7(11)4-5-13-8/h4-6H,2-3H2,1H3,(H2,11,13)(H,12,14). The van der Waals surface area contributed by atoms with E-state index < -0.39 is 0 Å². The Morgan fingerprint density at radius 3 is 3.00 bits per heavy atom. The van der Waals surface area contributed by atoms with Crippen LogP contribution in [0.25, 0.3) is 0 Å². The third-order valence-electron chi connectivity index (χ3n) is 2.19. The van der Waals surface area contributed by atoms with Gasteiger partial charge in [0.15, 0.2) is 11.4 Å². The number of carbonyl (C=O) groups is 1. The van der Waals surface area contributed by atoms with Crippen molar-refractivity contribution in [3.8, 4) is 5.75 Å². The number of amides is 1. The van der Waals surface area contributed by atoms with Crippen molar-refractivity contribution in [1.29, 1.82) is 0 Å². The summed E-state index contributed by atoms with van der Waals surface area (Å²) >= 11 is 0. The molecule has 1 aliphatic rings. The van der Waals surface area contributed by atoms with E-state index in [0.29, 0.717) is 11.4 Å². The Hall–Kier alpha value is -1.78. The van der Waals surface area contributed by atoms with E-state index in [1.54, 1.807) is 13.1 Å². The first-order valence-corrected chi connectivity index (χ1v) is 4.85. The monoisotopic (exact) mass is 207 g/mol. The molecule has 0 saturated heterocycles. The Bertz CT molecular complexity index is 388. The lowest BCUT2D eigenvalue weighted by Crippen LogP contribution is -2.21. The fourth-order valence-electron chi connectivity index (χ4n) is 1.22. The number of nitrogens with one attached hydrogen (secondary N) is 1. The largest absolute Gasteiger partial charge is 0.486 e. The summed E-state index contributed by atoms with van der Waals surface area (Å²) in [5.41, 5.74) is 6.45. The highest BCUT2D eigenvalue weighted by Gasteiger charge is 2.27.